The number of hydrogen-bond acceptors (Lipinski definition) is 4. The van der Waals surface area contributed by atoms with E-state index < -0.39 is 5.60 Å². The summed E-state index contributed by atoms with van der Waals surface area (Å²) in [5.74, 6) is 0. The van der Waals surface area contributed by atoms with Crippen LogP contribution >= 0.6 is 11.6 Å². The Morgan fingerprint density at radius 3 is 2.73 bits per heavy atom. The molecule has 1 fully saturated rings. The van der Waals surface area contributed by atoms with E-state index in [1.54, 1.807) is 12.4 Å². The molecule has 0 saturated heterocycles. The van der Waals surface area contributed by atoms with Crippen LogP contribution in [0.25, 0.3) is 11.3 Å². The van der Waals surface area contributed by atoms with E-state index in [1.165, 1.54) is 0 Å². The largest absolute Gasteiger partial charge is 0.390 e. The predicted octanol–water partition coefficient (Wildman–Crippen LogP) is 3.90. The Kier molecular flexibility index (Phi) is 4.32. The molecule has 0 bridgehead atoms. The number of anilines is 1. The second kappa shape index (κ2) is 6.23. The van der Waals surface area contributed by atoms with Crippen molar-refractivity contribution >= 4 is 17.3 Å². The molecule has 116 valence electrons. The van der Waals surface area contributed by atoms with E-state index in [2.05, 4.69) is 15.3 Å². The molecule has 0 aliphatic heterocycles. The molecule has 0 atom stereocenters. The zero-order valence-corrected chi connectivity index (χ0v) is 13.3. The van der Waals surface area contributed by atoms with Crippen LogP contribution in [0.15, 0.2) is 36.7 Å². The number of nitrogens with one attached hydrogen (secondary N) is 1. The van der Waals surface area contributed by atoms with E-state index in [0.717, 1.165) is 42.6 Å². The van der Waals surface area contributed by atoms with E-state index in [1.807, 2.05) is 31.2 Å². The second-order valence-electron chi connectivity index (χ2n) is 6.18. The highest BCUT2D eigenvalue weighted by molar-refractivity contribution is 6.29. The third kappa shape index (κ3) is 3.57. The fourth-order valence-electron chi connectivity index (χ4n) is 2.88. The van der Waals surface area contributed by atoms with Gasteiger partial charge in [-0.05, 0) is 50.8 Å². The predicted molar refractivity (Wildman–Crippen MR) is 89.0 cm³/mol. The van der Waals surface area contributed by atoms with Gasteiger partial charge in [0.1, 0.15) is 5.15 Å². The Morgan fingerprint density at radius 1 is 1.27 bits per heavy atom. The minimum atomic E-state index is -0.530. The van der Waals surface area contributed by atoms with Gasteiger partial charge >= 0.3 is 0 Å². The second-order valence-corrected chi connectivity index (χ2v) is 6.57. The summed E-state index contributed by atoms with van der Waals surface area (Å²) >= 11 is 6.06. The summed E-state index contributed by atoms with van der Waals surface area (Å²) in [5, 5.41) is 14.1. The van der Waals surface area contributed by atoms with Gasteiger partial charge < -0.3 is 10.4 Å². The summed E-state index contributed by atoms with van der Waals surface area (Å²) in [6.45, 7) is 1.91. The highest BCUT2D eigenvalue weighted by Gasteiger charge is 2.28. The monoisotopic (exact) mass is 317 g/mol. The van der Waals surface area contributed by atoms with Crippen LogP contribution in [0.2, 0.25) is 5.15 Å². The van der Waals surface area contributed by atoms with Crippen LogP contribution in [0, 0.1) is 0 Å². The van der Waals surface area contributed by atoms with Gasteiger partial charge in [0, 0.05) is 29.7 Å². The third-order valence-corrected chi connectivity index (χ3v) is 4.44. The lowest BCUT2D eigenvalue weighted by atomic mass is 9.83. The van der Waals surface area contributed by atoms with Gasteiger partial charge in [-0.25, -0.2) is 4.98 Å². The van der Waals surface area contributed by atoms with Crippen LogP contribution < -0.4 is 5.32 Å². The molecule has 1 aliphatic carbocycles. The molecule has 0 radical (unpaired) electrons. The SMILES string of the molecule is CC1(O)CCC(Nc2cc(Cl)ncc2-c2ccccn2)CC1. The average Bonchev–Trinajstić information content (AvgIpc) is 2.50. The molecule has 0 aromatic carbocycles. The highest BCUT2D eigenvalue weighted by atomic mass is 35.5. The Morgan fingerprint density at radius 2 is 2.05 bits per heavy atom. The quantitative estimate of drug-likeness (QED) is 0.843. The minimum absolute atomic E-state index is 0.334. The minimum Gasteiger partial charge on any atom is -0.390 e. The summed E-state index contributed by atoms with van der Waals surface area (Å²) in [6.07, 6.45) is 7.02. The maximum atomic E-state index is 10.1. The standard InChI is InChI=1S/C17H20ClN3O/c1-17(22)7-5-12(6-8-17)21-15-10-16(18)20-11-13(15)14-4-2-3-9-19-14/h2-4,9-12,22H,5-8H2,1H3,(H,20,21). The maximum absolute atomic E-state index is 10.1. The van der Waals surface area contributed by atoms with E-state index in [-0.39, 0.29) is 0 Å². The van der Waals surface area contributed by atoms with Crippen molar-refractivity contribution in [2.75, 3.05) is 5.32 Å². The van der Waals surface area contributed by atoms with E-state index in [9.17, 15) is 5.11 Å². The van der Waals surface area contributed by atoms with Crippen molar-refractivity contribution in [2.45, 2.75) is 44.2 Å². The van der Waals surface area contributed by atoms with Crippen LogP contribution in [-0.4, -0.2) is 26.7 Å². The number of nitrogens with zero attached hydrogens (tertiary/aromatic N) is 2. The number of hydrogen-bond donors (Lipinski definition) is 2. The van der Waals surface area contributed by atoms with Gasteiger partial charge in [-0.3, -0.25) is 4.98 Å². The molecule has 2 aromatic rings. The first-order valence-electron chi connectivity index (χ1n) is 7.59. The molecule has 1 aliphatic rings. The smallest absolute Gasteiger partial charge is 0.131 e. The fourth-order valence-corrected chi connectivity index (χ4v) is 3.04. The topological polar surface area (TPSA) is 58.0 Å². The molecule has 2 heterocycles. The van der Waals surface area contributed by atoms with Gasteiger partial charge in [-0.2, -0.15) is 0 Å². The van der Waals surface area contributed by atoms with Gasteiger partial charge in [0.15, 0.2) is 0 Å². The third-order valence-electron chi connectivity index (χ3n) is 4.23. The van der Waals surface area contributed by atoms with Crippen molar-refractivity contribution in [2.24, 2.45) is 0 Å². The van der Waals surface area contributed by atoms with Crippen molar-refractivity contribution in [1.29, 1.82) is 0 Å². The first-order valence-corrected chi connectivity index (χ1v) is 7.97. The van der Waals surface area contributed by atoms with Gasteiger partial charge in [0.2, 0.25) is 0 Å². The van der Waals surface area contributed by atoms with Gasteiger partial charge in [0.25, 0.3) is 0 Å². The molecule has 22 heavy (non-hydrogen) atoms. The summed E-state index contributed by atoms with van der Waals surface area (Å²) in [5.41, 5.74) is 2.24. The van der Waals surface area contributed by atoms with Crippen LogP contribution in [0.1, 0.15) is 32.6 Å². The van der Waals surface area contributed by atoms with Gasteiger partial charge in [-0.1, -0.05) is 17.7 Å². The molecule has 0 spiro atoms. The normalized spacial score (nSPS) is 25.0. The molecule has 4 nitrogen and oxygen atoms in total. The maximum Gasteiger partial charge on any atom is 0.131 e. The number of aliphatic hydroxyl groups is 1. The Hall–Kier alpha value is -1.65. The zero-order chi connectivity index (χ0) is 15.6. The molecule has 0 amide bonds. The van der Waals surface area contributed by atoms with E-state index in [0.29, 0.717) is 11.2 Å². The zero-order valence-electron chi connectivity index (χ0n) is 12.6. The summed E-state index contributed by atoms with van der Waals surface area (Å²) < 4.78 is 0. The van der Waals surface area contributed by atoms with Crippen molar-refractivity contribution in [3.05, 3.63) is 41.8 Å². The van der Waals surface area contributed by atoms with Crippen LogP contribution in [0.5, 0.6) is 0 Å². The van der Waals surface area contributed by atoms with Gasteiger partial charge in [-0.15, -0.1) is 0 Å². The van der Waals surface area contributed by atoms with Crippen LogP contribution in [0.3, 0.4) is 0 Å². The Balaban J connectivity index is 1.83. The summed E-state index contributed by atoms with van der Waals surface area (Å²) in [4.78, 5) is 8.57. The summed E-state index contributed by atoms with van der Waals surface area (Å²) in [7, 11) is 0. The molecular weight excluding hydrogens is 298 g/mol. The molecule has 5 heteroatoms. The van der Waals surface area contributed by atoms with Crippen molar-refractivity contribution in [3.63, 3.8) is 0 Å². The lowest BCUT2D eigenvalue weighted by Gasteiger charge is -2.34. The molecular formula is C17H20ClN3O. The summed E-state index contributed by atoms with van der Waals surface area (Å²) in [6, 6.07) is 7.99. The Bertz CT molecular complexity index is 636. The molecule has 3 rings (SSSR count). The molecule has 1 saturated carbocycles. The highest BCUT2D eigenvalue weighted by Crippen LogP contribution is 2.33. The van der Waals surface area contributed by atoms with Gasteiger partial charge in [0.05, 0.1) is 11.3 Å². The van der Waals surface area contributed by atoms with Crippen molar-refractivity contribution in [1.82, 2.24) is 9.97 Å². The van der Waals surface area contributed by atoms with Crippen molar-refractivity contribution in [3.8, 4) is 11.3 Å². The van der Waals surface area contributed by atoms with E-state index in [4.69, 9.17) is 11.6 Å². The number of halogens is 1. The molecule has 0 unspecified atom stereocenters. The lowest BCUT2D eigenvalue weighted by Crippen LogP contribution is -2.35. The fraction of sp³-hybridized carbons (Fsp3) is 0.412. The first-order chi connectivity index (χ1) is 10.5. The van der Waals surface area contributed by atoms with Crippen LogP contribution in [0.4, 0.5) is 5.69 Å². The average molecular weight is 318 g/mol. The first kappa shape index (κ1) is 15.3. The lowest BCUT2D eigenvalue weighted by molar-refractivity contribution is 0.0196. The van der Waals surface area contributed by atoms with E-state index >= 15 is 0 Å². The Labute approximate surface area is 135 Å². The number of pyridine rings is 2. The van der Waals surface area contributed by atoms with Crippen LogP contribution in [-0.2, 0) is 0 Å². The van der Waals surface area contributed by atoms with Crippen molar-refractivity contribution < 1.29 is 5.11 Å². The molecule has 2 aromatic heterocycles. The number of rotatable bonds is 3. The molecule has 2 N–H and O–H groups in total. The number of aromatic nitrogens is 2.